The van der Waals surface area contributed by atoms with Crippen LogP contribution < -0.4 is 10.6 Å². The van der Waals surface area contributed by atoms with E-state index in [9.17, 15) is 4.39 Å². The zero-order valence-electron chi connectivity index (χ0n) is 15.5. The third kappa shape index (κ3) is 7.53. The molecule has 26 heavy (non-hydrogen) atoms. The molecule has 144 valence electrons. The molecule has 0 aliphatic carbocycles. The van der Waals surface area contributed by atoms with Crippen molar-refractivity contribution in [3.8, 4) is 0 Å². The first-order valence-electron chi connectivity index (χ1n) is 8.32. The Bertz CT molecular complexity index is 705. The van der Waals surface area contributed by atoms with Crippen LogP contribution in [0.1, 0.15) is 23.1 Å². The standard InChI is InChI=1S/C18H26FN5S.HI/c1-14-10-23-24(12-14)8-4-7-21-18(20-2)22-11-15-5-6-17(19)9-16(15)13-25-3;/h5-6,9-10,12H,4,7-8,11,13H2,1-3H3,(H2,20,21,22);1H. The second-order valence-electron chi connectivity index (χ2n) is 5.83. The number of nitrogens with one attached hydrogen (secondary N) is 2. The monoisotopic (exact) mass is 491 g/mol. The van der Waals surface area contributed by atoms with Crippen LogP contribution in [0.3, 0.4) is 0 Å². The van der Waals surface area contributed by atoms with Gasteiger partial charge in [-0.3, -0.25) is 9.67 Å². The van der Waals surface area contributed by atoms with Crippen molar-refractivity contribution in [1.82, 2.24) is 20.4 Å². The van der Waals surface area contributed by atoms with Crippen molar-refractivity contribution in [1.29, 1.82) is 0 Å². The molecule has 0 unspecified atom stereocenters. The first-order chi connectivity index (χ1) is 12.1. The number of rotatable bonds is 8. The molecule has 1 heterocycles. The maximum atomic E-state index is 13.4. The maximum Gasteiger partial charge on any atom is 0.191 e. The third-order valence-corrected chi connectivity index (χ3v) is 4.36. The fourth-order valence-electron chi connectivity index (χ4n) is 2.49. The van der Waals surface area contributed by atoms with Crippen molar-refractivity contribution in [2.24, 2.45) is 4.99 Å². The summed E-state index contributed by atoms with van der Waals surface area (Å²) in [5.74, 6) is 1.35. The van der Waals surface area contributed by atoms with Crippen LogP contribution in [0.2, 0.25) is 0 Å². The maximum absolute atomic E-state index is 13.4. The number of benzene rings is 1. The molecule has 0 spiro atoms. The molecule has 0 fully saturated rings. The molecule has 8 heteroatoms. The van der Waals surface area contributed by atoms with E-state index < -0.39 is 0 Å². The number of thioether (sulfide) groups is 1. The van der Waals surface area contributed by atoms with Crippen LogP contribution in [0.15, 0.2) is 35.6 Å². The fourth-order valence-corrected chi connectivity index (χ4v) is 3.07. The average molecular weight is 491 g/mol. The van der Waals surface area contributed by atoms with Crippen molar-refractivity contribution in [3.05, 3.63) is 53.1 Å². The normalized spacial score (nSPS) is 11.2. The van der Waals surface area contributed by atoms with Crippen LogP contribution in [0, 0.1) is 12.7 Å². The SMILES string of the molecule is CN=C(NCCCn1cc(C)cn1)NCc1ccc(F)cc1CSC.I. The predicted octanol–water partition coefficient (Wildman–Crippen LogP) is 3.57. The van der Waals surface area contributed by atoms with E-state index in [2.05, 4.69) is 20.7 Å². The van der Waals surface area contributed by atoms with E-state index in [4.69, 9.17) is 0 Å². The number of nitrogens with zero attached hydrogens (tertiary/aromatic N) is 3. The van der Waals surface area contributed by atoms with Crippen molar-refractivity contribution < 1.29 is 4.39 Å². The van der Waals surface area contributed by atoms with Gasteiger partial charge in [0.25, 0.3) is 0 Å². The Balaban J connectivity index is 0.00000338. The number of hydrogen-bond acceptors (Lipinski definition) is 3. The lowest BCUT2D eigenvalue weighted by Gasteiger charge is -2.14. The summed E-state index contributed by atoms with van der Waals surface area (Å²) in [7, 11) is 1.75. The van der Waals surface area contributed by atoms with E-state index >= 15 is 0 Å². The summed E-state index contributed by atoms with van der Waals surface area (Å²) in [6.45, 7) is 4.33. The number of halogens is 2. The Morgan fingerprint density at radius 2 is 2.12 bits per heavy atom. The Morgan fingerprint density at radius 1 is 1.31 bits per heavy atom. The molecule has 2 aromatic rings. The molecule has 0 radical (unpaired) electrons. The van der Waals surface area contributed by atoms with Crippen molar-refractivity contribution in [3.63, 3.8) is 0 Å². The fraction of sp³-hybridized carbons (Fsp3) is 0.444. The Labute approximate surface area is 176 Å². The Morgan fingerprint density at radius 3 is 2.77 bits per heavy atom. The van der Waals surface area contributed by atoms with Gasteiger partial charge in [-0.15, -0.1) is 24.0 Å². The number of aryl methyl sites for hydroxylation is 2. The molecule has 0 atom stereocenters. The molecular weight excluding hydrogens is 464 g/mol. The topological polar surface area (TPSA) is 54.2 Å². The summed E-state index contributed by atoms with van der Waals surface area (Å²) < 4.78 is 15.4. The summed E-state index contributed by atoms with van der Waals surface area (Å²) in [6, 6.07) is 4.94. The summed E-state index contributed by atoms with van der Waals surface area (Å²) in [5, 5.41) is 10.9. The molecule has 1 aromatic carbocycles. The van der Waals surface area contributed by atoms with Gasteiger partial charge in [0.05, 0.1) is 6.20 Å². The molecule has 0 bridgehead atoms. The van der Waals surface area contributed by atoms with Gasteiger partial charge in [0.1, 0.15) is 5.82 Å². The van der Waals surface area contributed by atoms with Gasteiger partial charge >= 0.3 is 0 Å². The van der Waals surface area contributed by atoms with E-state index in [1.807, 2.05) is 36.3 Å². The molecule has 0 aliphatic heterocycles. The van der Waals surface area contributed by atoms with E-state index in [0.29, 0.717) is 6.54 Å². The van der Waals surface area contributed by atoms with Crippen LogP contribution in [0.4, 0.5) is 4.39 Å². The van der Waals surface area contributed by atoms with Crippen molar-refractivity contribution in [2.75, 3.05) is 19.8 Å². The zero-order valence-corrected chi connectivity index (χ0v) is 18.6. The van der Waals surface area contributed by atoms with Crippen molar-refractivity contribution in [2.45, 2.75) is 32.2 Å². The summed E-state index contributed by atoms with van der Waals surface area (Å²) in [6.07, 6.45) is 6.87. The molecule has 0 saturated heterocycles. The van der Waals surface area contributed by atoms with E-state index in [0.717, 1.165) is 42.3 Å². The van der Waals surface area contributed by atoms with Crippen LogP contribution in [-0.4, -0.2) is 35.6 Å². The molecule has 0 amide bonds. The minimum Gasteiger partial charge on any atom is -0.356 e. The Kier molecular flexibility index (Phi) is 10.6. The highest BCUT2D eigenvalue weighted by molar-refractivity contribution is 14.0. The van der Waals surface area contributed by atoms with Crippen LogP contribution >= 0.6 is 35.7 Å². The highest BCUT2D eigenvalue weighted by Gasteiger charge is 2.05. The minimum absolute atomic E-state index is 0. The van der Waals surface area contributed by atoms with Crippen LogP contribution in [0.25, 0.3) is 0 Å². The lowest BCUT2D eigenvalue weighted by Crippen LogP contribution is -2.37. The molecule has 1 aromatic heterocycles. The molecule has 2 N–H and O–H groups in total. The van der Waals surface area contributed by atoms with Crippen LogP contribution in [-0.2, 0) is 18.8 Å². The quantitative estimate of drug-likeness (QED) is 0.257. The van der Waals surface area contributed by atoms with E-state index in [1.54, 1.807) is 24.9 Å². The zero-order chi connectivity index (χ0) is 18.1. The molecule has 2 rings (SSSR count). The van der Waals surface area contributed by atoms with Crippen molar-refractivity contribution >= 4 is 41.7 Å². The third-order valence-electron chi connectivity index (χ3n) is 3.76. The molecule has 5 nitrogen and oxygen atoms in total. The van der Waals surface area contributed by atoms with E-state index in [-0.39, 0.29) is 29.8 Å². The molecule has 0 aliphatic rings. The van der Waals surface area contributed by atoms with Gasteiger partial charge < -0.3 is 10.6 Å². The predicted molar refractivity (Wildman–Crippen MR) is 119 cm³/mol. The second-order valence-corrected chi connectivity index (χ2v) is 6.70. The van der Waals surface area contributed by atoms with Gasteiger partial charge in [0.2, 0.25) is 0 Å². The number of guanidine groups is 1. The largest absolute Gasteiger partial charge is 0.356 e. The second kappa shape index (κ2) is 12.2. The van der Waals surface area contributed by atoms with E-state index in [1.165, 1.54) is 11.6 Å². The Hall–Kier alpha value is -1.29. The highest BCUT2D eigenvalue weighted by atomic mass is 127. The van der Waals surface area contributed by atoms with Gasteiger partial charge in [-0.25, -0.2) is 4.39 Å². The van der Waals surface area contributed by atoms with Gasteiger partial charge in [0, 0.05) is 38.6 Å². The summed E-state index contributed by atoms with van der Waals surface area (Å²) in [5.41, 5.74) is 3.28. The smallest absolute Gasteiger partial charge is 0.191 e. The first-order valence-corrected chi connectivity index (χ1v) is 9.71. The van der Waals surface area contributed by atoms with Gasteiger partial charge in [-0.1, -0.05) is 6.07 Å². The first kappa shape index (κ1) is 22.8. The summed E-state index contributed by atoms with van der Waals surface area (Å²) >= 11 is 1.69. The lowest BCUT2D eigenvalue weighted by molar-refractivity contribution is 0.570. The number of aromatic nitrogens is 2. The van der Waals surface area contributed by atoms with Crippen LogP contribution in [0.5, 0.6) is 0 Å². The summed E-state index contributed by atoms with van der Waals surface area (Å²) in [4.78, 5) is 4.24. The molecular formula is C18H27FIN5S. The average Bonchev–Trinajstić information content (AvgIpc) is 3.01. The number of aliphatic imine (C=N–C) groups is 1. The highest BCUT2D eigenvalue weighted by Crippen LogP contribution is 2.16. The van der Waals surface area contributed by atoms with Gasteiger partial charge in [-0.2, -0.15) is 16.9 Å². The van der Waals surface area contributed by atoms with Gasteiger partial charge in [-0.05, 0) is 48.4 Å². The minimum atomic E-state index is -0.191. The molecule has 0 saturated carbocycles. The van der Waals surface area contributed by atoms with Gasteiger partial charge in [0.15, 0.2) is 5.96 Å². The lowest BCUT2D eigenvalue weighted by atomic mass is 10.1. The number of hydrogen-bond donors (Lipinski definition) is 2.